The fourth-order valence-corrected chi connectivity index (χ4v) is 1.81. The molecule has 0 aliphatic heterocycles. The molecule has 0 saturated carbocycles. The Kier molecular flexibility index (Phi) is 3.58. The van der Waals surface area contributed by atoms with Gasteiger partial charge in [0, 0.05) is 16.7 Å². The van der Waals surface area contributed by atoms with Gasteiger partial charge in [0.1, 0.15) is 11.4 Å². The first kappa shape index (κ1) is 11.9. The monoisotopic (exact) mass is 251 g/mol. The van der Waals surface area contributed by atoms with Gasteiger partial charge in [-0.2, -0.15) is 11.8 Å². The van der Waals surface area contributed by atoms with Crippen molar-refractivity contribution in [1.29, 1.82) is 0 Å². The Bertz CT molecular complexity index is 536. The minimum absolute atomic E-state index is 0.196. The fourth-order valence-electron chi connectivity index (χ4n) is 1.56. The number of hydrogen-bond donors (Lipinski definition) is 2. The molecule has 0 radical (unpaired) electrons. The lowest BCUT2D eigenvalue weighted by Crippen LogP contribution is -1.99. The largest absolute Gasteiger partial charge is 0.493 e. The summed E-state index contributed by atoms with van der Waals surface area (Å²) in [4.78, 5) is 13.6. The molecule has 0 saturated heterocycles. The van der Waals surface area contributed by atoms with Crippen molar-refractivity contribution in [2.75, 3.05) is 18.6 Å². The van der Waals surface area contributed by atoms with Crippen molar-refractivity contribution in [2.24, 2.45) is 0 Å². The summed E-state index contributed by atoms with van der Waals surface area (Å²) in [5.41, 5.74) is 1.00. The van der Waals surface area contributed by atoms with E-state index in [1.807, 2.05) is 24.5 Å². The van der Waals surface area contributed by atoms with Crippen molar-refractivity contribution in [2.45, 2.75) is 0 Å². The molecule has 4 nitrogen and oxygen atoms in total. The van der Waals surface area contributed by atoms with Crippen molar-refractivity contribution in [1.82, 2.24) is 4.98 Å². The summed E-state index contributed by atoms with van der Waals surface area (Å²) in [6, 6.07) is 7.12. The van der Waals surface area contributed by atoms with Gasteiger partial charge in [0.25, 0.3) is 0 Å². The number of carboxylic acid groups (broad SMARTS) is 1. The van der Waals surface area contributed by atoms with Crippen molar-refractivity contribution in [3.63, 3.8) is 0 Å². The summed E-state index contributed by atoms with van der Waals surface area (Å²) in [7, 11) is 0. The molecule has 1 heterocycles. The Balaban J connectivity index is 2.21. The van der Waals surface area contributed by atoms with Crippen LogP contribution in [0.4, 0.5) is 0 Å². The average molecular weight is 251 g/mol. The molecular weight excluding hydrogens is 238 g/mol. The van der Waals surface area contributed by atoms with Crippen LogP contribution in [0.1, 0.15) is 10.5 Å². The predicted octanol–water partition coefficient (Wildman–Crippen LogP) is 2.61. The third-order valence-corrected chi connectivity index (χ3v) is 2.95. The van der Waals surface area contributed by atoms with E-state index in [2.05, 4.69) is 4.98 Å². The van der Waals surface area contributed by atoms with Crippen molar-refractivity contribution >= 4 is 28.6 Å². The second kappa shape index (κ2) is 5.14. The van der Waals surface area contributed by atoms with Gasteiger partial charge in [-0.25, -0.2) is 4.79 Å². The number of fused-ring (bicyclic) bond motifs is 1. The van der Waals surface area contributed by atoms with Crippen molar-refractivity contribution in [3.8, 4) is 5.75 Å². The van der Waals surface area contributed by atoms with E-state index in [-0.39, 0.29) is 5.69 Å². The van der Waals surface area contributed by atoms with Gasteiger partial charge < -0.3 is 14.8 Å². The normalized spacial score (nSPS) is 10.6. The molecule has 0 fully saturated rings. The number of rotatable bonds is 5. The van der Waals surface area contributed by atoms with Gasteiger partial charge in [-0.3, -0.25) is 0 Å². The summed E-state index contributed by atoms with van der Waals surface area (Å²) in [6.07, 6.45) is 2.03. The molecule has 5 heteroatoms. The molecule has 1 aromatic carbocycles. The third-order valence-electron chi connectivity index (χ3n) is 2.38. The summed E-state index contributed by atoms with van der Waals surface area (Å²) >= 11 is 1.72. The Morgan fingerprint density at radius 3 is 3.00 bits per heavy atom. The maximum absolute atomic E-state index is 10.8. The van der Waals surface area contributed by atoms with Crippen LogP contribution in [-0.4, -0.2) is 34.7 Å². The molecule has 0 atom stereocenters. The van der Waals surface area contributed by atoms with Gasteiger partial charge in [0.2, 0.25) is 0 Å². The predicted molar refractivity (Wildman–Crippen MR) is 69.1 cm³/mol. The van der Waals surface area contributed by atoms with Gasteiger partial charge in [-0.15, -0.1) is 0 Å². The van der Waals surface area contributed by atoms with Gasteiger partial charge in [-0.05, 0) is 30.5 Å². The number of aromatic carboxylic acids is 1. The van der Waals surface area contributed by atoms with Crippen molar-refractivity contribution < 1.29 is 14.6 Å². The Hall–Kier alpha value is -1.62. The highest BCUT2D eigenvalue weighted by atomic mass is 32.2. The lowest BCUT2D eigenvalue weighted by molar-refractivity contribution is 0.0691. The number of hydrogen-bond acceptors (Lipinski definition) is 3. The molecule has 0 bridgehead atoms. The summed E-state index contributed by atoms with van der Waals surface area (Å²) in [5.74, 6) is 0.750. The van der Waals surface area contributed by atoms with E-state index in [4.69, 9.17) is 9.84 Å². The van der Waals surface area contributed by atoms with E-state index in [1.54, 1.807) is 17.8 Å². The van der Waals surface area contributed by atoms with E-state index >= 15 is 0 Å². The molecule has 1 aromatic heterocycles. The van der Waals surface area contributed by atoms with Crippen LogP contribution in [0.3, 0.4) is 0 Å². The maximum atomic E-state index is 10.8. The molecule has 17 heavy (non-hydrogen) atoms. The molecule has 0 aliphatic carbocycles. The lowest BCUT2D eigenvalue weighted by atomic mass is 10.2. The highest BCUT2D eigenvalue weighted by Crippen LogP contribution is 2.21. The smallest absolute Gasteiger partial charge is 0.352 e. The zero-order valence-electron chi connectivity index (χ0n) is 9.40. The van der Waals surface area contributed by atoms with Crippen molar-refractivity contribution in [3.05, 3.63) is 30.0 Å². The third kappa shape index (κ3) is 2.74. The summed E-state index contributed by atoms with van der Waals surface area (Å²) < 4.78 is 5.54. The number of aromatic amines is 1. The summed E-state index contributed by atoms with van der Waals surface area (Å²) in [6.45, 7) is 0.656. The molecule has 0 spiro atoms. The van der Waals surface area contributed by atoms with Crippen LogP contribution in [-0.2, 0) is 0 Å². The highest BCUT2D eigenvalue weighted by Gasteiger charge is 2.07. The number of benzene rings is 1. The quantitative estimate of drug-likeness (QED) is 0.802. The number of nitrogens with one attached hydrogen (secondary N) is 1. The zero-order chi connectivity index (χ0) is 12.3. The van der Waals surface area contributed by atoms with E-state index in [0.717, 1.165) is 22.4 Å². The highest BCUT2D eigenvalue weighted by molar-refractivity contribution is 7.98. The van der Waals surface area contributed by atoms with Crippen LogP contribution in [0.25, 0.3) is 10.9 Å². The molecule has 0 unspecified atom stereocenters. The maximum Gasteiger partial charge on any atom is 0.352 e. The van der Waals surface area contributed by atoms with Crippen LogP contribution in [0.2, 0.25) is 0 Å². The lowest BCUT2D eigenvalue weighted by Gasteiger charge is -2.04. The molecular formula is C12H13NO3S. The second-order valence-corrected chi connectivity index (χ2v) is 4.56. The molecule has 2 rings (SSSR count). The fraction of sp³-hybridized carbons (Fsp3) is 0.250. The molecule has 2 aromatic rings. The first-order valence-corrected chi connectivity index (χ1v) is 6.58. The number of ether oxygens (including phenoxy) is 1. The average Bonchev–Trinajstić information content (AvgIpc) is 2.72. The minimum atomic E-state index is -0.953. The zero-order valence-corrected chi connectivity index (χ0v) is 10.2. The Morgan fingerprint density at radius 1 is 1.47 bits per heavy atom. The van der Waals surface area contributed by atoms with Gasteiger partial charge in [0.05, 0.1) is 6.61 Å². The van der Waals surface area contributed by atoms with E-state index < -0.39 is 5.97 Å². The van der Waals surface area contributed by atoms with Gasteiger partial charge in [0.15, 0.2) is 0 Å². The first-order valence-electron chi connectivity index (χ1n) is 5.18. The molecule has 0 amide bonds. The topological polar surface area (TPSA) is 62.3 Å². The van der Waals surface area contributed by atoms with E-state index in [9.17, 15) is 4.79 Å². The van der Waals surface area contributed by atoms with Crippen LogP contribution < -0.4 is 4.74 Å². The van der Waals surface area contributed by atoms with Crippen LogP contribution >= 0.6 is 11.8 Å². The molecule has 2 N–H and O–H groups in total. The number of H-pyrrole nitrogens is 1. The number of aromatic nitrogens is 1. The first-order chi connectivity index (χ1) is 8.20. The van der Waals surface area contributed by atoms with Crippen LogP contribution in [0, 0.1) is 0 Å². The SMILES string of the molecule is CSCCOc1ccc2[nH]c(C(=O)O)cc2c1. The van der Waals surface area contributed by atoms with Gasteiger partial charge in [-0.1, -0.05) is 0 Å². The minimum Gasteiger partial charge on any atom is -0.493 e. The number of thioether (sulfide) groups is 1. The van der Waals surface area contributed by atoms with Crippen LogP contribution in [0.5, 0.6) is 5.75 Å². The number of carboxylic acids is 1. The summed E-state index contributed by atoms with van der Waals surface area (Å²) in [5, 5.41) is 9.71. The van der Waals surface area contributed by atoms with Crippen LogP contribution in [0.15, 0.2) is 24.3 Å². The van der Waals surface area contributed by atoms with E-state index in [1.165, 1.54) is 0 Å². The Labute approximate surface area is 103 Å². The Morgan fingerprint density at radius 2 is 2.29 bits per heavy atom. The number of carbonyl (C=O) groups is 1. The van der Waals surface area contributed by atoms with E-state index in [0.29, 0.717) is 6.61 Å². The van der Waals surface area contributed by atoms with Gasteiger partial charge >= 0.3 is 5.97 Å². The molecule has 0 aliphatic rings. The standard InChI is InChI=1S/C12H13NO3S/c1-17-5-4-16-9-2-3-10-8(6-9)7-11(13-10)12(14)15/h2-3,6-7,13H,4-5H2,1H3,(H,14,15). The molecule has 90 valence electrons. The second-order valence-electron chi connectivity index (χ2n) is 3.58.